The van der Waals surface area contributed by atoms with Crippen LogP contribution in [0.4, 0.5) is 5.69 Å². The SMILES string of the molecule is [C-]#[N+]c1cccc(-c2ccc(C=O)c(O)c2)c1. The van der Waals surface area contributed by atoms with Crippen LogP contribution in [-0.4, -0.2) is 11.4 Å². The maximum atomic E-state index is 10.6. The maximum absolute atomic E-state index is 10.6. The molecule has 0 amide bonds. The number of aldehydes is 1. The Balaban J connectivity index is 2.50. The monoisotopic (exact) mass is 223 g/mol. The Labute approximate surface area is 98.8 Å². The van der Waals surface area contributed by atoms with Crippen LogP contribution in [0.5, 0.6) is 5.75 Å². The highest BCUT2D eigenvalue weighted by Gasteiger charge is 2.04. The van der Waals surface area contributed by atoms with Gasteiger partial charge in [0, 0.05) is 0 Å². The van der Waals surface area contributed by atoms with Crippen molar-refractivity contribution in [1.29, 1.82) is 0 Å². The van der Waals surface area contributed by atoms with Gasteiger partial charge < -0.3 is 5.11 Å². The minimum atomic E-state index is -0.0503. The number of hydrogen-bond acceptors (Lipinski definition) is 2. The van der Waals surface area contributed by atoms with Crippen molar-refractivity contribution >= 4 is 12.0 Å². The molecular formula is C14H9NO2. The smallest absolute Gasteiger partial charge is 0.187 e. The Morgan fingerprint density at radius 1 is 1.12 bits per heavy atom. The van der Waals surface area contributed by atoms with Gasteiger partial charge in [0.05, 0.1) is 12.1 Å². The number of nitrogens with zero attached hydrogens (tertiary/aromatic N) is 1. The van der Waals surface area contributed by atoms with Crippen LogP contribution in [0.2, 0.25) is 0 Å². The van der Waals surface area contributed by atoms with Gasteiger partial charge in [-0.25, -0.2) is 4.85 Å². The predicted octanol–water partition coefficient (Wildman–Crippen LogP) is 3.42. The zero-order valence-corrected chi connectivity index (χ0v) is 8.92. The largest absolute Gasteiger partial charge is 0.507 e. The van der Waals surface area contributed by atoms with Gasteiger partial charge in [-0.2, -0.15) is 0 Å². The highest BCUT2D eigenvalue weighted by Crippen LogP contribution is 2.28. The third-order valence-corrected chi connectivity index (χ3v) is 2.47. The van der Waals surface area contributed by atoms with Crippen molar-refractivity contribution in [2.45, 2.75) is 0 Å². The molecule has 0 saturated heterocycles. The van der Waals surface area contributed by atoms with Crippen LogP contribution in [0.1, 0.15) is 10.4 Å². The molecule has 0 heterocycles. The summed E-state index contributed by atoms with van der Waals surface area (Å²) in [7, 11) is 0. The van der Waals surface area contributed by atoms with E-state index in [0.717, 1.165) is 11.1 Å². The van der Waals surface area contributed by atoms with Gasteiger partial charge in [-0.1, -0.05) is 24.3 Å². The first-order valence-corrected chi connectivity index (χ1v) is 5.00. The number of carbonyl (C=O) groups is 1. The van der Waals surface area contributed by atoms with Crippen molar-refractivity contribution in [2.24, 2.45) is 0 Å². The van der Waals surface area contributed by atoms with Crippen LogP contribution in [-0.2, 0) is 0 Å². The fourth-order valence-electron chi connectivity index (χ4n) is 1.58. The van der Waals surface area contributed by atoms with E-state index in [0.29, 0.717) is 12.0 Å². The molecule has 0 aliphatic carbocycles. The van der Waals surface area contributed by atoms with Gasteiger partial charge in [0.2, 0.25) is 0 Å². The first-order valence-electron chi connectivity index (χ1n) is 5.00. The summed E-state index contributed by atoms with van der Waals surface area (Å²) >= 11 is 0. The van der Waals surface area contributed by atoms with E-state index in [2.05, 4.69) is 4.85 Å². The van der Waals surface area contributed by atoms with E-state index >= 15 is 0 Å². The zero-order valence-electron chi connectivity index (χ0n) is 8.92. The number of benzene rings is 2. The summed E-state index contributed by atoms with van der Waals surface area (Å²) in [6, 6.07) is 11.9. The number of carbonyl (C=O) groups excluding carboxylic acids is 1. The lowest BCUT2D eigenvalue weighted by Crippen LogP contribution is -1.83. The molecule has 0 aliphatic rings. The van der Waals surface area contributed by atoms with E-state index in [4.69, 9.17) is 6.57 Å². The van der Waals surface area contributed by atoms with Gasteiger partial charge in [-0.05, 0) is 29.3 Å². The van der Waals surface area contributed by atoms with E-state index in [1.165, 1.54) is 6.07 Å². The standard InChI is InChI=1S/C14H9NO2/c1-15-13-4-2-3-10(7-13)11-5-6-12(9-16)14(17)8-11/h2-9,17H. The molecule has 17 heavy (non-hydrogen) atoms. The summed E-state index contributed by atoms with van der Waals surface area (Å²) in [4.78, 5) is 13.9. The Hall–Kier alpha value is -2.60. The second-order valence-corrected chi connectivity index (χ2v) is 3.55. The molecular weight excluding hydrogens is 214 g/mol. The highest BCUT2D eigenvalue weighted by molar-refractivity contribution is 5.82. The summed E-state index contributed by atoms with van der Waals surface area (Å²) in [5, 5.41) is 9.59. The fourth-order valence-corrected chi connectivity index (χ4v) is 1.58. The molecule has 0 aromatic heterocycles. The quantitative estimate of drug-likeness (QED) is 0.626. The van der Waals surface area contributed by atoms with Crippen molar-refractivity contribution in [2.75, 3.05) is 0 Å². The molecule has 2 rings (SSSR count). The van der Waals surface area contributed by atoms with Gasteiger partial charge >= 0.3 is 0 Å². The number of rotatable bonds is 2. The minimum absolute atomic E-state index is 0.0503. The van der Waals surface area contributed by atoms with Gasteiger partial charge in [0.15, 0.2) is 12.0 Å². The molecule has 0 bridgehead atoms. The predicted molar refractivity (Wildman–Crippen MR) is 65.2 cm³/mol. The summed E-state index contributed by atoms with van der Waals surface area (Å²) in [6.07, 6.45) is 0.606. The van der Waals surface area contributed by atoms with E-state index in [1.807, 2.05) is 6.07 Å². The topological polar surface area (TPSA) is 41.7 Å². The Morgan fingerprint density at radius 3 is 2.53 bits per heavy atom. The van der Waals surface area contributed by atoms with Crippen LogP contribution in [0.3, 0.4) is 0 Å². The molecule has 0 aliphatic heterocycles. The average Bonchev–Trinajstić information content (AvgIpc) is 2.38. The molecule has 0 spiro atoms. The van der Waals surface area contributed by atoms with Crippen LogP contribution in [0.25, 0.3) is 16.0 Å². The third kappa shape index (κ3) is 2.16. The lowest BCUT2D eigenvalue weighted by Gasteiger charge is -2.04. The van der Waals surface area contributed by atoms with Crippen molar-refractivity contribution < 1.29 is 9.90 Å². The second kappa shape index (κ2) is 4.50. The van der Waals surface area contributed by atoms with Gasteiger partial charge in [-0.3, -0.25) is 4.79 Å². The van der Waals surface area contributed by atoms with E-state index in [9.17, 15) is 9.90 Å². The molecule has 0 unspecified atom stereocenters. The lowest BCUT2D eigenvalue weighted by atomic mass is 10.0. The molecule has 0 fully saturated rings. The van der Waals surface area contributed by atoms with Gasteiger partial charge in [-0.15, -0.1) is 0 Å². The molecule has 3 nitrogen and oxygen atoms in total. The molecule has 2 aromatic carbocycles. The zero-order chi connectivity index (χ0) is 12.3. The number of aromatic hydroxyl groups is 1. The summed E-state index contributed by atoms with van der Waals surface area (Å²) in [5.74, 6) is -0.0503. The molecule has 0 saturated carbocycles. The van der Waals surface area contributed by atoms with Crippen molar-refractivity contribution in [3.05, 3.63) is 59.4 Å². The summed E-state index contributed by atoms with van der Waals surface area (Å²) < 4.78 is 0. The Morgan fingerprint density at radius 2 is 1.88 bits per heavy atom. The average molecular weight is 223 g/mol. The second-order valence-electron chi connectivity index (χ2n) is 3.55. The molecule has 82 valence electrons. The molecule has 0 atom stereocenters. The fraction of sp³-hybridized carbons (Fsp3) is 0. The van der Waals surface area contributed by atoms with Gasteiger partial charge in [0.1, 0.15) is 5.75 Å². The third-order valence-electron chi connectivity index (χ3n) is 2.47. The minimum Gasteiger partial charge on any atom is -0.507 e. The first-order chi connectivity index (χ1) is 8.24. The van der Waals surface area contributed by atoms with Crippen LogP contribution in [0.15, 0.2) is 42.5 Å². The van der Waals surface area contributed by atoms with Crippen molar-refractivity contribution in [3.8, 4) is 16.9 Å². The molecule has 3 heteroatoms. The normalized spacial score (nSPS) is 9.59. The Bertz CT molecular complexity index is 612. The van der Waals surface area contributed by atoms with E-state index < -0.39 is 0 Å². The number of phenolic OH excluding ortho intramolecular Hbond substituents is 1. The summed E-state index contributed by atoms with van der Waals surface area (Å²) in [5.41, 5.74) is 2.42. The van der Waals surface area contributed by atoms with E-state index in [-0.39, 0.29) is 11.3 Å². The van der Waals surface area contributed by atoms with Gasteiger partial charge in [0.25, 0.3) is 0 Å². The Kier molecular flexibility index (Phi) is 2.89. The van der Waals surface area contributed by atoms with Crippen LogP contribution in [0, 0.1) is 6.57 Å². The van der Waals surface area contributed by atoms with Crippen molar-refractivity contribution in [3.63, 3.8) is 0 Å². The summed E-state index contributed by atoms with van der Waals surface area (Å²) in [6.45, 7) is 6.94. The number of hydrogen-bond donors (Lipinski definition) is 1. The molecule has 2 aromatic rings. The molecule has 1 N–H and O–H groups in total. The number of phenols is 1. The highest BCUT2D eigenvalue weighted by atomic mass is 16.3. The maximum Gasteiger partial charge on any atom is 0.187 e. The first kappa shape index (κ1) is 10.9. The van der Waals surface area contributed by atoms with E-state index in [1.54, 1.807) is 30.3 Å². The molecule has 0 radical (unpaired) electrons. The van der Waals surface area contributed by atoms with Crippen LogP contribution >= 0.6 is 0 Å². The van der Waals surface area contributed by atoms with Crippen molar-refractivity contribution in [1.82, 2.24) is 0 Å². The van der Waals surface area contributed by atoms with Crippen LogP contribution < -0.4 is 0 Å². The lowest BCUT2D eigenvalue weighted by molar-refractivity contribution is 0.112.